The van der Waals surface area contributed by atoms with Gasteiger partial charge in [-0.3, -0.25) is 4.79 Å². The normalized spacial score (nSPS) is 9.67. The van der Waals surface area contributed by atoms with Crippen molar-refractivity contribution in [2.75, 3.05) is 11.9 Å². The standard InChI is InChI=1S/C16H11F2NO2/c17-13-4-1-5-14(15(13)18)19-16(21)12-8-6-11(7-9-12)3-2-10-20/h1,4-9,20H,10H2,(H,19,21). The van der Waals surface area contributed by atoms with E-state index < -0.39 is 17.5 Å². The van der Waals surface area contributed by atoms with Crippen LogP contribution in [-0.4, -0.2) is 17.6 Å². The number of aliphatic hydroxyl groups is 1. The van der Waals surface area contributed by atoms with E-state index in [0.29, 0.717) is 5.56 Å². The van der Waals surface area contributed by atoms with E-state index in [1.165, 1.54) is 24.3 Å². The first-order chi connectivity index (χ1) is 10.1. The Morgan fingerprint density at radius 1 is 1.14 bits per heavy atom. The molecule has 0 aliphatic rings. The summed E-state index contributed by atoms with van der Waals surface area (Å²) in [6, 6.07) is 9.76. The van der Waals surface area contributed by atoms with Gasteiger partial charge in [0.25, 0.3) is 5.91 Å². The van der Waals surface area contributed by atoms with Gasteiger partial charge in [0.15, 0.2) is 11.6 Å². The van der Waals surface area contributed by atoms with Crippen LogP contribution < -0.4 is 5.32 Å². The van der Waals surface area contributed by atoms with E-state index in [1.54, 1.807) is 12.1 Å². The van der Waals surface area contributed by atoms with Crippen LogP contribution in [0, 0.1) is 23.5 Å². The van der Waals surface area contributed by atoms with Crippen LogP contribution in [0.5, 0.6) is 0 Å². The van der Waals surface area contributed by atoms with E-state index in [9.17, 15) is 13.6 Å². The van der Waals surface area contributed by atoms with Crippen LogP contribution in [0.2, 0.25) is 0 Å². The first-order valence-corrected chi connectivity index (χ1v) is 6.07. The van der Waals surface area contributed by atoms with Gasteiger partial charge in [-0.05, 0) is 36.4 Å². The average Bonchev–Trinajstić information content (AvgIpc) is 2.50. The van der Waals surface area contributed by atoms with Crippen LogP contribution in [0.1, 0.15) is 15.9 Å². The minimum Gasteiger partial charge on any atom is -0.384 e. The molecule has 3 nitrogen and oxygen atoms in total. The summed E-state index contributed by atoms with van der Waals surface area (Å²) in [6.07, 6.45) is 0. The van der Waals surface area contributed by atoms with Crippen molar-refractivity contribution in [3.05, 3.63) is 65.2 Å². The first-order valence-electron chi connectivity index (χ1n) is 6.07. The molecule has 106 valence electrons. The third-order valence-corrected chi connectivity index (χ3v) is 2.66. The second kappa shape index (κ2) is 6.64. The van der Waals surface area contributed by atoms with E-state index in [2.05, 4.69) is 17.2 Å². The molecular formula is C16H11F2NO2. The maximum atomic E-state index is 13.4. The fourth-order valence-corrected chi connectivity index (χ4v) is 1.64. The van der Waals surface area contributed by atoms with Crippen molar-refractivity contribution in [3.8, 4) is 11.8 Å². The lowest BCUT2D eigenvalue weighted by Gasteiger charge is -2.06. The molecule has 0 saturated carbocycles. The fourth-order valence-electron chi connectivity index (χ4n) is 1.64. The minimum atomic E-state index is -1.10. The SMILES string of the molecule is O=C(Nc1cccc(F)c1F)c1ccc(C#CCO)cc1. The molecule has 0 bridgehead atoms. The van der Waals surface area contributed by atoms with Crippen LogP contribution in [0.3, 0.4) is 0 Å². The smallest absolute Gasteiger partial charge is 0.255 e. The lowest BCUT2D eigenvalue weighted by Crippen LogP contribution is -2.13. The van der Waals surface area contributed by atoms with Crippen molar-refractivity contribution in [2.24, 2.45) is 0 Å². The van der Waals surface area contributed by atoms with Gasteiger partial charge in [-0.1, -0.05) is 17.9 Å². The Labute approximate surface area is 120 Å². The van der Waals surface area contributed by atoms with Gasteiger partial charge >= 0.3 is 0 Å². The monoisotopic (exact) mass is 287 g/mol. The number of halogens is 2. The third-order valence-electron chi connectivity index (χ3n) is 2.66. The van der Waals surface area contributed by atoms with Crippen molar-refractivity contribution in [3.63, 3.8) is 0 Å². The second-order valence-electron chi connectivity index (χ2n) is 4.09. The quantitative estimate of drug-likeness (QED) is 0.834. The fraction of sp³-hybridized carbons (Fsp3) is 0.0625. The highest BCUT2D eigenvalue weighted by Gasteiger charge is 2.11. The number of benzene rings is 2. The largest absolute Gasteiger partial charge is 0.384 e. The molecule has 0 unspecified atom stereocenters. The van der Waals surface area contributed by atoms with Crippen LogP contribution in [-0.2, 0) is 0 Å². The number of rotatable bonds is 2. The van der Waals surface area contributed by atoms with Crippen molar-refractivity contribution >= 4 is 11.6 Å². The molecule has 0 atom stereocenters. The third kappa shape index (κ3) is 3.65. The summed E-state index contributed by atoms with van der Waals surface area (Å²) >= 11 is 0. The van der Waals surface area contributed by atoms with Gasteiger partial charge in [0, 0.05) is 11.1 Å². The van der Waals surface area contributed by atoms with Crippen molar-refractivity contribution < 1.29 is 18.7 Å². The molecule has 0 heterocycles. The maximum absolute atomic E-state index is 13.4. The molecule has 21 heavy (non-hydrogen) atoms. The zero-order valence-electron chi connectivity index (χ0n) is 10.9. The van der Waals surface area contributed by atoms with Crippen molar-refractivity contribution in [2.45, 2.75) is 0 Å². The lowest BCUT2D eigenvalue weighted by atomic mass is 10.1. The average molecular weight is 287 g/mol. The number of aliphatic hydroxyl groups excluding tert-OH is 1. The zero-order chi connectivity index (χ0) is 15.2. The second-order valence-corrected chi connectivity index (χ2v) is 4.09. The predicted octanol–water partition coefficient (Wildman–Crippen LogP) is 2.56. The predicted molar refractivity (Wildman–Crippen MR) is 74.7 cm³/mol. The van der Waals surface area contributed by atoms with Crippen molar-refractivity contribution in [1.29, 1.82) is 0 Å². The zero-order valence-corrected chi connectivity index (χ0v) is 10.9. The van der Waals surface area contributed by atoms with Gasteiger partial charge in [0.2, 0.25) is 0 Å². The lowest BCUT2D eigenvalue weighted by molar-refractivity contribution is 0.102. The topological polar surface area (TPSA) is 49.3 Å². The molecule has 2 aromatic rings. The molecule has 2 rings (SSSR count). The van der Waals surface area contributed by atoms with Crippen LogP contribution in [0.4, 0.5) is 14.5 Å². The highest BCUT2D eigenvalue weighted by Crippen LogP contribution is 2.17. The van der Waals surface area contributed by atoms with Gasteiger partial charge in [-0.2, -0.15) is 0 Å². The Balaban J connectivity index is 2.15. The van der Waals surface area contributed by atoms with E-state index in [4.69, 9.17) is 5.11 Å². The first kappa shape index (κ1) is 14.7. The Kier molecular flexibility index (Phi) is 4.64. The van der Waals surface area contributed by atoms with Gasteiger partial charge < -0.3 is 10.4 Å². The molecule has 0 aromatic heterocycles. The number of hydrogen-bond acceptors (Lipinski definition) is 2. The van der Waals surface area contributed by atoms with Gasteiger partial charge in [-0.25, -0.2) is 8.78 Å². The maximum Gasteiger partial charge on any atom is 0.255 e. The Morgan fingerprint density at radius 2 is 1.86 bits per heavy atom. The number of carbonyl (C=O) groups is 1. The van der Waals surface area contributed by atoms with E-state index in [1.807, 2.05) is 0 Å². The highest BCUT2D eigenvalue weighted by molar-refractivity contribution is 6.04. The summed E-state index contributed by atoms with van der Waals surface area (Å²) in [7, 11) is 0. The van der Waals surface area contributed by atoms with Gasteiger partial charge in [0.05, 0.1) is 5.69 Å². The Bertz CT molecular complexity index is 715. The van der Waals surface area contributed by atoms with E-state index in [-0.39, 0.29) is 17.9 Å². The number of amides is 1. The van der Waals surface area contributed by atoms with Gasteiger partial charge in [0.1, 0.15) is 6.61 Å². The van der Waals surface area contributed by atoms with E-state index in [0.717, 1.165) is 6.07 Å². The minimum absolute atomic E-state index is 0.218. The molecule has 0 radical (unpaired) electrons. The number of anilines is 1. The summed E-state index contributed by atoms with van der Waals surface area (Å²) in [4.78, 5) is 11.9. The summed E-state index contributed by atoms with van der Waals surface area (Å²) in [5.41, 5.74) is 0.704. The summed E-state index contributed by atoms with van der Waals surface area (Å²) in [5, 5.41) is 10.9. The summed E-state index contributed by atoms with van der Waals surface area (Å²) in [6.45, 7) is -0.249. The summed E-state index contributed by atoms with van der Waals surface area (Å²) in [5.74, 6) is 2.49. The van der Waals surface area contributed by atoms with E-state index >= 15 is 0 Å². The molecule has 0 saturated heterocycles. The molecule has 1 amide bonds. The highest BCUT2D eigenvalue weighted by atomic mass is 19.2. The Hall–Kier alpha value is -2.71. The van der Waals surface area contributed by atoms with Crippen molar-refractivity contribution in [1.82, 2.24) is 0 Å². The molecule has 0 fully saturated rings. The molecule has 2 aromatic carbocycles. The van der Waals surface area contributed by atoms with Gasteiger partial charge in [-0.15, -0.1) is 0 Å². The molecule has 5 heteroatoms. The van der Waals surface area contributed by atoms with Crippen LogP contribution in [0.15, 0.2) is 42.5 Å². The molecule has 0 aliphatic carbocycles. The summed E-state index contributed by atoms with van der Waals surface area (Å²) < 4.78 is 26.5. The number of carbonyl (C=O) groups excluding carboxylic acids is 1. The van der Waals surface area contributed by atoms with Crippen LogP contribution >= 0.6 is 0 Å². The molecule has 0 aliphatic heterocycles. The number of nitrogens with one attached hydrogen (secondary N) is 1. The number of hydrogen-bond donors (Lipinski definition) is 2. The van der Waals surface area contributed by atoms with Crippen LogP contribution in [0.25, 0.3) is 0 Å². The Morgan fingerprint density at radius 3 is 2.52 bits per heavy atom. The molecule has 2 N–H and O–H groups in total. The molecular weight excluding hydrogens is 276 g/mol. The molecule has 0 spiro atoms.